The Hall–Kier alpha value is -0.220. The maximum absolute atomic E-state index is 11.5. The second kappa shape index (κ2) is 4.74. The van der Waals surface area contributed by atoms with Gasteiger partial charge in [0.25, 0.3) is 3.79 Å². The Labute approximate surface area is 102 Å². The molecule has 15 heavy (non-hydrogen) atoms. The second-order valence-corrected chi connectivity index (χ2v) is 5.38. The first-order chi connectivity index (χ1) is 6.86. The summed E-state index contributed by atoms with van der Waals surface area (Å²) in [6.45, 7) is 1.83. The van der Waals surface area contributed by atoms with E-state index < -0.39 is 15.7 Å². The Morgan fingerprint density at radius 2 is 2.20 bits per heavy atom. The SMILES string of the molecule is CC[C@@H](O)c1c[nH]c(C(=O)C(Cl)(Cl)Cl)c1. The summed E-state index contributed by atoms with van der Waals surface area (Å²) < 4.78 is -1.97. The largest absolute Gasteiger partial charge is 0.388 e. The summed E-state index contributed by atoms with van der Waals surface area (Å²) in [4.78, 5) is 14.1. The number of aliphatic hydroxyl groups excluding tert-OH is 1. The third-order valence-electron chi connectivity index (χ3n) is 1.98. The third-order valence-corrected chi connectivity index (χ3v) is 2.49. The highest BCUT2D eigenvalue weighted by Gasteiger charge is 2.32. The van der Waals surface area contributed by atoms with Gasteiger partial charge in [-0.15, -0.1) is 0 Å². The van der Waals surface area contributed by atoms with Gasteiger partial charge in [0.2, 0.25) is 5.78 Å². The maximum Gasteiger partial charge on any atom is 0.254 e. The van der Waals surface area contributed by atoms with Crippen LogP contribution in [0.5, 0.6) is 0 Å². The fourth-order valence-corrected chi connectivity index (χ4v) is 1.43. The van der Waals surface area contributed by atoms with Crippen molar-refractivity contribution in [3.05, 3.63) is 23.5 Å². The van der Waals surface area contributed by atoms with Crippen molar-refractivity contribution >= 4 is 40.6 Å². The topological polar surface area (TPSA) is 53.1 Å². The number of hydrogen-bond donors (Lipinski definition) is 2. The molecule has 0 saturated heterocycles. The number of halogens is 3. The van der Waals surface area contributed by atoms with Crippen LogP contribution in [0.3, 0.4) is 0 Å². The number of carbonyl (C=O) groups is 1. The predicted molar refractivity (Wildman–Crippen MR) is 60.7 cm³/mol. The molecule has 0 bridgehead atoms. The van der Waals surface area contributed by atoms with Crippen LogP contribution in [-0.2, 0) is 0 Å². The van der Waals surface area contributed by atoms with E-state index in [1.807, 2.05) is 6.92 Å². The van der Waals surface area contributed by atoms with Crippen LogP contribution in [0.2, 0.25) is 0 Å². The number of H-pyrrole nitrogens is 1. The molecule has 1 aromatic heterocycles. The van der Waals surface area contributed by atoms with Gasteiger partial charge < -0.3 is 10.1 Å². The number of ketones is 1. The van der Waals surface area contributed by atoms with Crippen molar-refractivity contribution in [3.63, 3.8) is 0 Å². The van der Waals surface area contributed by atoms with E-state index in [9.17, 15) is 9.90 Å². The fourth-order valence-electron chi connectivity index (χ4n) is 1.12. The van der Waals surface area contributed by atoms with Gasteiger partial charge in [-0.2, -0.15) is 0 Å². The van der Waals surface area contributed by atoms with Crippen LogP contribution in [0.4, 0.5) is 0 Å². The first kappa shape index (κ1) is 12.8. The highest BCUT2D eigenvalue weighted by atomic mass is 35.6. The van der Waals surface area contributed by atoms with Crippen molar-refractivity contribution < 1.29 is 9.90 Å². The first-order valence-electron chi connectivity index (χ1n) is 4.34. The van der Waals surface area contributed by atoms with Gasteiger partial charge in [-0.05, 0) is 18.1 Å². The molecule has 1 atom stereocenters. The Balaban J connectivity index is 2.90. The molecule has 0 spiro atoms. The zero-order valence-corrected chi connectivity index (χ0v) is 10.2. The minimum absolute atomic E-state index is 0.178. The maximum atomic E-state index is 11.5. The van der Waals surface area contributed by atoms with Crippen LogP contribution in [-0.4, -0.2) is 19.7 Å². The number of alkyl halides is 3. The van der Waals surface area contributed by atoms with Crippen LogP contribution >= 0.6 is 34.8 Å². The number of aromatic nitrogens is 1. The predicted octanol–water partition coefficient (Wildman–Crippen LogP) is 3.01. The molecular weight excluding hydrogens is 260 g/mol. The molecular formula is C9H10Cl3NO2. The van der Waals surface area contributed by atoms with Crippen molar-refractivity contribution in [2.45, 2.75) is 23.2 Å². The summed E-state index contributed by atoms with van der Waals surface area (Å²) in [5.74, 6) is -0.637. The lowest BCUT2D eigenvalue weighted by Crippen LogP contribution is -2.19. The summed E-state index contributed by atoms with van der Waals surface area (Å²) in [6.07, 6.45) is 1.47. The van der Waals surface area contributed by atoms with Crippen LogP contribution < -0.4 is 0 Å². The zero-order chi connectivity index (χ0) is 11.6. The molecule has 1 aromatic rings. The summed E-state index contributed by atoms with van der Waals surface area (Å²) in [5, 5.41) is 9.50. The van der Waals surface area contributed by atoms with Gasteiger partial charge in [0.05, 0.1) is 11.8 Å². The number of Topliss-reactive ketones (excluding diaryl/α,β-unsaturated/α-hetero) is 1. The van der Waals surface area contributed by atoms with E-state index in [-0.39, 0.29) is 5.69 Å². The molecule has 0 amide bonds. The van der Waals surface area contributed by atoms with Gasteiger partial charge in [0.1, 0.15) is 0 Å². The number of nitrogens with one attached hydrogen (secondary N) is 1. The van der Waals surface area contributed by atoms with E-state index in [0.717, 1.165) is 0 Å². The fraction of sp³-hybridized carbons (Fsp3) is 0.444. The molecule has 0 radical (unpaired) electrons. The van der Waals surface area contributed by atoms with Gasteiger partial charge >= 0.3 is 0 Å². The van der Waals surface area contributed by atoms with Gasteiger partial charge in [-0.25, -0.2) is 0 Å². The summed E-state index contributed by atoms with van der Waals surface area (Å²) in [5.41, 5.74) is 0.785. The monoisotopic (exact) mass is 269 g/mol. The van der Waals surface area contributed by atoms with Gasteiger partial charge in [0, 0.05) is 6.20 Å². The number of aliphatic hydroxyl groups is 1. The average Bonchev–Trinajstić information content (AvgIpc) is 2.62. The third kappa shape index (κ3) is 3.11. The molecule has 2 N–H and O–H groups in total. The normalized spacial score (nSPS) is 13.9. The van der Waals surface area contributed by atoms with Crippen LogP contribution in [0, 0.1) is 0 Å². The number of aromatic amines is 1. The number of rotatable bonds is 3. The van der Waals surface area contributed by atoms with E-state index in [2.05, 4.69) is 4.98 Å². The molecule has 0 unspecified atom stereocenters. The molecule has 0 saturated carbocycles. The Kier molecular flexibility index (Phi) is 4.06. The van der Waals surface area contributed by atoms with Crippen LogP contribution in [0.15, 0.2) is 12.3 Å². The lowest BCUT2D eigenvalue weighted by Gasteiger charge is -2.07. The summed E-state index contributed by atoms with van der Waals surface area (Å²) in [7, 11) is 0. The Morgan fingerprint density at radius 3 is 2.67 bits per heavy atom. The smallest absolute Gasteiger partial charge is 0.254 e. The van der Waals surface area contributed by atoms with E-state index in [1.54, 1.807) is 0 Å². The van der Waals surface area contributed by atoms with Gasteiger partial charge in [0.15, 0.2) is 0 Å². The van der Waals surface area contributed by atoms with Crippen molar-refractivity contribution in [3.8, 4) is 0 Å². The van der Waals surface area contributed by atoms with Crippen LogP contribution in [0.1, 0.15) is 35.5 Å². The summed E-state index contributed by atoms with van der Waals surface area (Å²) in [6, 6.07) is 1.48. The Bertz CT molecular complexity index is 356. The number of carbonyl (C=O) groups excluding carboxylic acids is 1. The molecule has 0 aliphatic carbocycles. The van der Waals surface area contributed by atoms with Crippen molar-refractivity contribution in [1.29, 1.82) is 0 Å². The molecule has 0 aliphatic rings. The molecule has 0 fully saturated rings. The highest BCUT2D eigenvalue weighted by molar-refractivity contribution is 6.77. The molecule has 84 valence electrons. The minimum atomic E-state index is -1.97. The Morgan fingerprint density at radius 1 is 1.60 bits per heavy atom. The van der Waals surface area contributed by atoms with Crippen LogP contribution in [0.25, 0.3) is 0 Å². The number of hydrogen-bond acceptors (Lipinski definition) is 2. The van der Waals surface area contributed by atoms with Gasteiger partial charge in [-0.1, -0.05) is 41.7 Å². The molecule has 3 nitrogen and oxygen atoms in total. The van der Waals surface area contributed by atoms with Crippen molar-refractivity contribution in [2.24, 2.45) is 0 Å². The molecule has 0 aliphatic heterocycles. The zero-order valence-electron chi connectivity index (χ0n) is 7.93. The standard InChI is InChI=1S/C9H10Cl3NO2/c1-2-7(14)5-3-6(13-4-5)8(15)9(10,11)12/h3-4,7,13-14H,2H2,1H3/t7-/m1/s1. The van der Waals surface area contributed by atoms with Crippen molar-refractivity contribution in [2.75, 3.05) is 0 Å². The quantitative estimate of drug-likeness (QED) is 0.655. The second-order valence-electron chi connectivity index (χ2n) is 3.10. The minimum Gasteiger partial charge on any atom is -0.388 e. The molecule has 0 aromatic carbocycles. The van der Waals surface area contributed by atoms with E-state index in [1.165, 1.54) is 12.3 Å². The first-order valence-corrected chi connectivity index (χ1v) is 5.47. The molecule has 1 heterocycles. The molecule has 1 rings (SSSR count). The van der Waals surface area contributed by atoms with Gasteiger partial charge in [-0.3, -0.25) is 4.79 Å². The van der Waals surface area contributed by atoms with E-state index in [4.69, 9.17) is 34.8 Å². The van der Waals surface area contributed by atoms with E-state index in [0.29, 0.717) is 12.0 Å². The highest BCUT2D eigenvalue weighted by Crippen LogP contribution is 2.30. The molecule has 6 heteroatoms. The van der Waals surface area contributed by atoms with Crippen molar-refractivity contribution in [1.82, 2.24) is 4.98 Å². The summed E-state index contributed by atoms with van der Waals surface area (Å²) >= 11 is 16.3. The average molecular weight is 271 g/mol. The lowest BCUT2D eigenvalue weighted by molar-refractivity contribution is 0.0992. The lowest BCUT2D eigenvalue weighted by atomic mass is 10.1. The van der Waals surface area contributed by atoms with E-state index >= 15 is 0 Å².